The first-order valence-electron chi connectivity index (χ1n) is 8.55. The lowest BCUT2D eigenvalue weighted by atomic mass is 10.2. The summed E-state index contributed by atoms with van der Waals surface area (Å²) >= 11 is 1.80. The van der Waals surface area contributed by atoms with Gasteiger partial charge in [-0.2, -0.15) is 0 Å². The first-order chi connectivity index (χ1) is 10.8. The first kappa shape index (κ1) is 17.7. The Morgan fingerprint density at radius 1 is 1.18 bits per heavy atom. The summed E-state index contributed by atoms with van der Waals surface area (Å²) in [5.74, 6) is 1.13. The molecule has 0 unspecified atom stereocenters. The third-order valence-electron chi connectivity index (χ3n) is 3.82. The van der Waals surface area contributed by atoms with E-state index in [0.717, 1.165) is 61.6 Å². The molecule has 1 aliphatic rings. The maximum absolute atomic E-state index is 5.52. The number of unbranched alkanes of at least 4 members (excludes halogenated alkanes) is 3. The van der Waals surface area contributed by atoms with E-state index in [1.165, 1.54) is 25.7 Å². The third-order valence-corrected chi connectivity index (χ3v) is 4.75. The molecule has 0 aromatic carbocycles. The van der Waals surface area contributed by atoms with E-state index < -0.39 is 0 Å². The van der Waals surface area contributed by atoms with Crippen LogP contribution in [-0.4, -0.2) is 46.9 Å². The van der Waals surface area contributed by atoms with Crippen LogP contribution in [0.15, 0.2) is 11.2 Å². The van der Waals surface area contributed by atoms with Gasteiger partial charge in [0.2, 0.25) is 0 Å². The maximum Gasteiger partial charge on any atom is 0.188 e. The number of rotatable bonds is 8. The number of ether oxygens (including phenoxy) is 1. The van der Waals surface area contributed by atoms with Gasteiger partial charge in [-0.3, -0.25) is 4.90 Å². The van der Waals surface area contributed by atoms with Gasteiger partial charge in [0.15, 0.2) is 5.16 Å². The predicted octanol–water partition coefficient (Wildman–Crippen LogP) is 3.68. The average molecular weight is 324 g/mol. The highest BCUT2D eigenvalue weighted by molar-refractivity contribution is 7.99. The smallest absolute Gasteiger partial charge is 0.188 e. The average Bonchev–Trinajstić information content (AvgIpc) is 2.75. The van der Waals surface area contributed by atoms with Gasteiger partial charge in [0.25, 0.3) is 0 Å². The molecule has 0 saturated carbocycles. The molecule has 0 amide bonds. The minimum Gasteiger partial charge on any atom is -0.380 e. The van der Waals surface area contributed by atoms with Gasteiger partial charge in [-0.15, -0.1) is 0 Å². The summed E-state index contributed by atoms with van der Waals surface area (Å²) in [5.41, 5.74) is 2.22. The Bertz CT molecular complexity index is 434. The molecule has 0 bridgehead atoms. The Labute approximate surface area is 139 Å². The third kappa shape index (κ3) is 6.63. The van der Waals surface area contributed by atoms with Gasteiger partial charge < -0.3 is 4.74 Å². The molecular formula is C17H29N3OS. The number of thioether (sulfide) groups is 1. The van der Waals surface area contributed by atoms with Crippen LogP contribution in [0.4, 0.5) is 0 Å². The zero-order valence-corrected chi connectivity index (χ0v) is 14.8. The molecule has 1 saturated heterocycles. The molecule has 1 aromatic heterocycles. The fourth-order valence-electron chi connectivity index (χ4n) is 2.63. The lowest BCUT2D eigenvalue weighted by Gasteiger charge is -2.18. The van der Waals surface area contributed by atoms with E-state index in [0.29, 0.717) is 0 Å². The Hall–Kier alpha value is -0.650. The summed E-state index contributed by atoms with van der Waals surface area (Å²) in [6.07, 6.45) is 6.31. The second-order valence-electron chi connectivity index (χ2n) is 5.93. The summed E-state index contributed by atoms with van der Waals surface area (Å²) in [6.45, 7) is 9.05. The Morgan fingerprint density at radius 2 is 2.09 bits per heavy atom. The molecule has 0 N–H and O–H groups in total. The zero-order chi connectivity index (χ0) is 15.6. The Balaban J connectivity index is 1.85. The van der Waals surface area contributed by atoms with Crippen molar-refractivity contribution in [3.8, 4) is 0 Å². The molecule has 0 spiro atoms. The normalized spacial score (nSPS) is 16.6. The SMILES string of the molecule is CCCCCCSc1nc(C)cc(CN2CCCOCC2)n1. The molecule has 2 rings (SSSR count). The van der Waals surface area contributed by atoms with Crippen molar-refractivity contribution in [3.63, 3.8) is 0 Å². The van der Waals surface area contributed by atoms with E-state index in [1.807, 2.05) is 0 Å². The van der Waals surface area contributed by atoms with E-state index in [4.69, 9.17) is 9.72 Å². The van der Waals surface area contributed by atoms with E-state index in [9.17, 15) is 0 Å². The highest BCUT2D eigenvalue weighted by Gasteiger charge is 2.11. The molecule has 4 nitrogen and oxygen atoms in total. The number of aromatic nitrogens is 2. The van der Waals surface area contributed by atoms with Gasteiger partial charge in [0.1, 0.15) is 0 Å². The van der Waals surface area contributed by atoms with Crippen LogP contribution in [0.3, 0.4) is 0 Å². The van der Waals surface area contributed by atoms with Crippen LogP contribution in [0.1, 0.15) is 50.4 Å². The molecule has 1 aliphatic heterocycles. The summed E-state index contributed by atoms with van der Waals surface area (Å²) in [6, 6.07) is 2.12. The minimum atomic E-state index is 0.836. The quantitative estimate of drug-likeness (QED) is 0.414. The molecule has 0 radical (unpaired) electrons. The van der Waals surface area contributed by atoms with Crippen LogP contribution in [-0.2, 0) is 11.3 Å². The van der Waals surface area contributed by atoms with Crippen molar-refractivity contribution in [2.75, 3.05) is 32.1 Å². The van der Waals surface area contributed by atoms with Crippen LogP contribution < -0.4 is 0 Å². The van der Waals surface area contributed by atoms with Crippen molar-refractivity contribution in [2.45, 2.75) is 57.7 Å². The summed E-state index contributed by atoms with van der Waals surface area (Å²) in [5, 5.41) is 0.942. The predicted molar refractivity (Wildman–Crippen MR) is 92.3 cm³/mol. The second kappa shape index (κ2) is 10.2. The number of hydrogen-bond donors (Lipinski definition) is 0. The molecule has 0 aliphatic carbocycles. The van der Waals surface area contributed by atoms with Gasteiger partial charge in [0, 0.05) is 37.7 Å². The van der Waals surface area contributed by atoms with Crippen LogP contribution in [0.2, 0.25) is 0 Å². The molecular weight excluding hydrogens is 294 g/mol. The van der Waals surface area contributed by atoms with Crippen molar-refractivity contribution >= 4 is 11.8 Å². The molecule has 0 atom stereocenters. The van der Waals surface area contributed by atoms with Crippen LogP contribution in [0.5, 0.6) is 0 Å². The molecule has 22 heavy (non-hydrogen) atoms. The zero-order valence-electron chi connectivity index (χ0n) is 14.0. The van der Waals surface area contributed by atoms with Gasteiger partial charge in [0.05, 0.1) is 12.3 Å². The monoisotopic (exact) mass is 323 g/mol. The Morgan fingerprint density at radius 3 is 2.95 bits per heavy atom. The molecule has 5 heteroatoms. The highest BCUT2D eigenvalue weighted by Crippen LogP contribution is 2.18. The first-order valence-corrected chi connectivity index (χ1v) is 9.54. The summed E-state index contributed by atoms with van der Waals surface area (Å²) < 4.78 is 5.52. The summed E-state index contributed by atoms with van der Waals surface area (Å²) in [7, 11) is 0. The van der Waals surface area contributed by atoms with Gasteiger partial charge in [-0.25, -0.2) is 9.97 Å². The lowest BCUT2D eigenvalue weighted by molar-refractivity contribution is 0.140. The molecule has 2 heterocycles. The highest BCUT2D eigenvalue weighted by atomic mass is 32.2. The van der Waals surface area contributed by atoms with Gasteiger partial charge in [-0.1, -0.05) is 37.9 Å². The van der Waals surface area contributed by atoms with Crippen molar-refractivity contribution in [1.82, 2.24) is 14.9 Å². The van der Waals surface area contributed by atoms with E-state index in [1.54, 1.807) is 11.8 Å². The number of hydrogen-bond acceptors (Lipinski definition) is 5. The largest absolute Gasteiger partial charge is 0.380 e. The van der Waals surface area contributed by atoms with Crippen LogP contribution in [0.25, 0.3) is 0 Å². The van der Waals surface area contributed by atoms with Crippen LogP contribution >= 0.6 is 11.8 Å². The fourth-order valence-corrected chi connectivity index (χ4v) is 3.55. The van der Waals surface area contributed by atoms with Crippen molar-refractivity contribution in [3.05, 3.63) is 17.5 Å². The minimum absolute atomic E-state index is 0.836. The topological polar surface area (TPSA) is 38.2 Å². The fraction of sp³-hybridized carbons (Fsp3) is 0.765. The van der Waals surface area contributed by atoms with Crippen molar-refractivity contribution < 1.29 is 4.74 Å². The molecule has 1 aromatic rings. The molecule has 124 valence electrons. The van der Waals surface area contributed by atoms with Gasteiger partial charge >= 0.3 is 0 Å². The maximum atomic E-state index is 5.52. The van der Waals surface area contributed by atoms with Crippen LogP contribution in [0, 0.1) is 6.92 Å². The standard InChI is InChI=1S/C17H29N3OS/c1-3-4-5-6-12-22-17-18-15(2)13-16(19-17)14-20-8-7-10-21-11-9-20/h13H,3-12,14H2,1-2H3. The number of nitrogens with zero attached hydrogens (tertiary/aromatic N) is 3. The van der Waals surface area contributed by atoms with E-state index >= 15 is 0 Å². The van der Waals surface area contributed by atoms with Gasteiger partial charge in [-0.05, 0) is 25.8 Å². The molecule has 1 fully saturated rings. The lowest BCUT2D eigenvalue weighted by Crippen LogP contribution is -2.26. The van der Waals surface area contributed by atoms with Crippen molar-refractivity contribution in [2.24, 2.45) is 0 Å². The van der Waals surface area contributed by atoms with E-state index in [2.05, 4.69) is 29.8 Å². The summed E-state index contributed by atoms with van der Waals surface area (Å²) in [4.78, 5) is 11.8. The second-order valence-corrected chi connectivity index (χ2v) is 7.00. The van der Waals surface area contributed by atoms with Crippen molar-refractivity contribution in [1.29, 1.82) is 0 Å². The van der Waals surface area contributed by atoms with E-state index in [-0.39, 0.29) is 0 Å². The Kier molecular flexibility index (Phi) is 8.20. The number of aryl methyl sites for hydroxylation is 1.